The monoisotopic (exact) mass is 296 g/mol. The third kappa shape index (κ3) is 2.47. The van der Waals surface area contributed by atoms with E-state index in [1.165, 1.54) is 15.8 Å². The van der Waals surface area contributed by atoms with Crippen molar-refractivity contribution in [2.45, 2.75) is 19.9 Å². The lowest BCUT2D eigenvalue weighted by Gasteiger charge is -2.08. The number of hydrogen-bond acceptors (Lipinski definition) is 4. The number of aromatic nitrogens is 1. The molecule has 0 spiro atoms. The number of benzene rings is 2. The largest absolute Gasteiger partial charge is 0.493 e. The SMILES string of the molecule is Cc1nc2ccc(NCc3ccc4c(c3)CCO4)cc2s1. The van der Waals surface area contributed by atoms with Gasteiger partial charge in [-0.3, -0.25) is 0 Å². The van der Waals surface area contributed by atoms with E-state index in [1.807, 2.05) is 6.92 Å². The van der Waals surface area contributed by atoms with Gasteiger partial charge in [0.15, 0.2) is 0 Å². The van der Waals surface area contributed by atoms with Gasteiger partial charge in [-0.05, 0) is 42.3 Å². The standard InChI is InChI=1S/C17H16N2OS/c1-11-19-15-4-3-14(9-17(15)21-11)18-10-12-2-5-16-13(8-12)6-7-20-16/h2-5,8-9,18H,6-7,10H2,1H3. The first-order valence-corrected chi connectivity index (χ1v) is 7.95. The second-order valence-electron chi connectivity index (χ2n) is 5.31. The van der Waals surface area contributed by atoms with E-state index < -0.39 is 0 Å². The second-order valence-corrected chi connectivity index (χ2v) is 6.54. The van der Waals surface area contributed by atoms with E-state index >= 15 is 0 Å². The van der Waals surface area contributed by atoms with Gasteiger partial charge in [0.05, 0.1) is 21.8 Å². The number of nitrogens with one attached hydrogen (secondary N) is 1. The predicted octanol–water partition coefficient (Wildman–Crippen LogP) is 4.15. The molecule has 0 aliphatic carbocycles. The molecule has 3 aromatic rings. The zero-order valence-corrected chi connectivity index (χ0v) is 12.7. The average molecular weight is 296 g/mol. The minimum atomic E-state index is 0.813. The lowest BCUT2D eigenvalue weighted by Crippen LogP contribution is -1.99. The molecule has 3 nitrogen and oxygen atoms in total. The van der Waals surface area contributed by atoms with Crippen LogP contribution in [0.3, 0.4) is 0 Å². The molecule has 0 saturated carbocycles. The lowest BCUT2D eigenvalue weighted by atomic mass is 10.1. The Morgan fingerprint density at radius 1 is 1.24 bits per heavy atom. The van der Waals surface area contributed by atoms with E-state index in [1.54, 1.807) is 11.3 Å². The van der Waals surface area contributed by atoms with Crippen molar-refractivity contribution in [1.82, 2.24) is 4.98 Å². The predicted molar refractivity (Wildman–Crippen MR) is 87.3 cm³/mol. The molecular formula is C17H16N2OS. The van der Waals surface area contributed by atoms with Crippen LogP contribution in [0.15, 0.2) is 36.4 Å². The van der Waals surface area contributed by atoms with Gasteiger partial charge in [-0.1, -0.05) is 12.1 Å². The number of thiazole rings is 1. The van der Waals surface area contributed by atoms with Crippen LogP contribution in [0.5, 0.6) is 5.75 Å². The molecule has 0 fully saturated rings. The fourth-order valence-electron chi connectivity index (χ4n) is 2.70. The van der Waals surface area contributed by atoms with Gasteiger partial charge in [0.1, 0.15) is 5.75 Å². The van der Waals surface area contributed by atoms with Crippen molar-refractivity contribution in [2.75, 3.05) is 11.9 Å². The number of anilines is 1. The first-order valence-electron chi connectivity index (χ1n) is 7.13. The fourth-order valence-corrected chi connectivity index (χ4v) is 3.57. The summed E-state index contributed by atoms with van der Waals surface area (Å²) in [6.45, 7) is 3.69. The van der Waals surface area contributed by atoms with Gasteiger partial charge >= 0.3 is 0 Å². The van der Waals surface area contributed by atoms with Crippen LogP contribution in [0, 0.1) is 6.92 Å². The Balaban J connectivity index is 1.52. The van der Waals surface area contributed by atoms with Crippen LogP contribution in [0.2, 0.25) is 0 Å². The van der Waals surface area contributed by atoms with Crippen molar-refractivity contribution in [3.05, 3.63) is 52.5 Å². The molecule has 0 unspecified atom stereocenters. The Labute approximate surface area is 127 Å². The zero-order valence-electron chi connectivity index (χ0n) is 11.8. The minimum absolute atomic E-state index is 0.813. The highest BCUT2D eigenvalue weighted by atomic mass is 32.1. The van der Waals surface area contributed by atoms with Crippen molar-refractivity contribution in [1.29, 1.82) is 0 Å². The van der Waals surface area contributed by atoms with E-state index in [2.05, 4.69) is 46.7 Å². The van der Waals surface area contributed by atoms with Crippen LogP contribution in [0.25, 0.3) is 10.2 Å². The molecule has 21 heavy (non-hydrogen) atoms. The smallest absolute Gasteiger partial charge is 0.122 e. The Morgan fingerprint density at radius 3 is 3.14 bits per heavy atom. The topological polar surface area (TPSA) is 34.2 Å². The van der Waals surface area contributed by atoms with Crippen LogP contribution in [0.4, 0.5) is 5.69 Å². The quantitative estimate of drug-likeness (QED) is 0.788. The molecular weight excluding hydrogens is 280 g/mol. The maximum atomic E-state index is 5.54. The molecule has 4 heteroatoms. The summed E-state index contributed by atoms with van der Waals surface area (Å²) in [5, 5.41) is 4.60. The first-order chi connectivity index (χ1) is 10.3. The maximum Gasteiger partial charge on any atom is 0.122 e. The number of ether oxygens (including phenoxy) is 1. The summed E-state index contributed by atoms with van der Waals surface area (Å²) in [4.78, 5) is 4.49. The number of aryl methyl sites for hydroxylation is 1. The third-order valence-electron chi connectivity index (χ3n) is 3.75. The van der Waals surface area contributed by atoms with E-state index in [0.717, 1.165) is 41.5 Å². The normalized spacial score (nSPS) is 13.2. The molecule has 0 radical (unpaired) electrons. The number of fused-ring (bicyclic) bond motifs is 2. The van der Waals surface area contributed by atoms with Crippen LogP contribution in [-0.4, -0.2) is 11.6 Å². The van der Waals surface area contributed by atoms with Gasteiger partial charge in [0, 0.05) is 18.7 Å². The number of hydrogen-bond donors (Lipinski definition) is 1. The van der Waals surface area contributed by atoms with Crippen molar-refractivity contribution in [3.8, 4) is 5.75 Å². The third-order valence-corrected chi connectivity index (χ3v) is 4.68. The second kappa shape index (κ2) is 5.04. The Kier molecular flexibility index (Phi) is 3.04. The molecule has 1 aromatic heterocycles. The molecule has 2 aromatic carbocycles. The molecule has 2 heterocycles. The van der Waals surface area contributed by atoms with E-state index in [-0.39, 0.29) is 0 Å². The van der Waals surface area contributed by atoms with Gasteiger partial charge in [-0.25, -0.2) is 4.98 Å². The number of nitrogens with zero attached hydrogens (tertiary/aromatic N) is 1. The summed E-state index contributed by atoms with van der Waals surface area (Å²) in [7, 11) is 0. The van der Waals surface area contributed by atoms with Gasteiger partial charge < -0.3 is 10.1 Å². The first kappa shape index (κ1) is 12.7. The summed E-state index contributed by atoms with van der Waals surface area (Å²) in [6, 6.07) is 12.8. The molecule has 0 atom stereocenters. The summed E-state index contributed by atoms with van der Waals surface area (Å²) in [6.07, 6.45) is 1.02. The van der Waals surface area contributed by atoms with Crippen LogP contribution >= 0.6 is 11.3 Å². The molecule has 106 valence electrons. The van der Waals surface area contributed by atoms with Crippen molar-refractivity contribution >= 4 is 27.2 Å². The van der Waals surface area contributed by atoms with Crippen LogP contribution < -0.4 is 10.1 Å². The Bertz CT molecular complexity index is 810. The Hall–Kier alpha value is -2.07. The van der Waals surface area contributed by atoms with Crippen molar-refractivity contribution in [2.24, 2.45) is 0 Å². The fraction of sp³-hybridized carbons (Fsp3) is 0.235. The summed E-state index contributed by atoms with van der Waals surface area (Å²) in [5.74, 6) is 1.04. The van der Waals surface area contributed by atoms with Crippen LogP contribution in [-0.2, 0) is 13.0 Å². The highest BCUT2D eigenvalue weighted by Crippen LogP contribution is 2.27. The molecule has 0 saturated heterocycles. The number of rotatable bonds is 3. The molecule has 0 bridgehead atoms. The highest BCUT2D eigenvalue weighted by molar-refractivity contribution is 7.18. The molecule has 1 aliphatic heterocycles. The van der Waals surface area contributed by atoms with Crippen molar-refractivity contribution < 1.29 is 4.74 Å². The Morgan fingerprint density at radius 2 is 2.19 bits per heavy atom. The summed E-state index contributed by atoms with van der Waals surface area (Å²) >= 11 is 1.74. The minimum Gasteiger partial charge on any atom is -0.493 e. The van der Waals surface area contributed by atoms with E-state index in [4.69, 9.17) is 4.74 Å². The molecule has 4 rings (SSSR count). The summed E-state index contributed by atoms with van der Waals surface area (Å²) < 4.78 is 6.78. The highest BCUT2D eigenvalue weighted by Gasteiger charge is 2.11. The zero-order chi connectivity index (χ0) is 14.2. The van der Waals surface area contributed by atoms with Crippen LogP contribution in [0.1, 0.15) is 16.1 Å². The lowest BCUT2D eigenvalue weighted by molar-refractivity contribution is 0.357. The summed E-state index contributed by atoms with van der Waals surface area (Å²) in [5.41, 5.74) is 4.84. The van der Waals surface area contributed by atoms with Gasteiger partial charge in [0.2, 0.25) is 0 Å². The molecule has 1 aliphatic rings. The maximum absolute atomic E-state index is 5.54. The van der Waals surface area contributed by atoms with Gasteiger partial charge in [-0.2, -0.15) is 0 Å². The van der Waals surface area contributed by atoms with E-state index in [9.17, 15) is 0 Å². The van der Waals surface area contributed by atoms with Gasteiger partial charge in [-0.15, -0.1) is 11.3 Å². The molecule has 0 amide bonds. The van der Waals surface area contributed by atoms with Gasteiger partial charge in [0.25, 0.3) is 0 Å². The van der Waals surface area contributed by atoms with Crippen molar-refractivity contribution in [3.63, 3.8) is 0 Å². The average Bonchev–Trinajstić information content (AvgIpc) is 3.08. The molecule has 1 N–H and O–H groups in total. The van der Waals surface area contributed by atoms with E-state index in [0.29, 0.717) is 0 Å².